The van der Waals surface area contributed by atoms with Crippen LogP contribution in [0.4, 0.5) is 0 Å². The Kier molecular flexibility index (Phi) is 9.69. The van der Waals surface area contributed by atoms with Crippen LogP contribution in [0.15, 0.2) is 24.3 Å². The van der Waals surface area contributed by atoms with Gasteiger partial charge in [-0.3, -0.25) is 4.79 Å². The summed E-state index contributed by atoms with van der Waals surface area (Å²) >= 11 is 0. The van der Waals surface area contributed by atoms with Gasteiger partial charge in [0.2, 0.25) is 5.91 Å². The summed E-state index contributed by atoms with van der Waals surface area (Å²) in [4.78, 5) is 17.0. The first kappa shape index (κ1) is 23.4. The zero-order chi connectivity index (χ0) is 21.1. The number of nitrogens with one attached hydrogen (secondary N) is 1. The van der Waals surface area contributed by atoms with Crippen molar-refractivity contribution in [2.24, 2.45) is 5.41 Å². The minimum atomic E-state index is -0.351. The third-order valence-corrected chi connectivity index (χ3v) is 5.53. The van der Waals surface area contributed by atoms with Crippen LogP contribution in [0.2, 0.25) is 0 Å². The summed E-state index contributed by atoms with van der Waals surface area (Å²) in [6, 6.07) is 8.37. The van der Waals surface area contributed by atoms with Crippen LogP contribution in [0.3, 0.4) is 0 Å². The smallest absolute Gasteiger partial charge is 0.225 e. The Balaban J connectivity index is 1.84. The molecule has 1 amide bonds. The molecule has 0 unspecified atom stereocenters. The van der Waals surface area contributed by atoms with Gasteiger partial charge < -0.3 is 9.88 Å². The number of rotatable bonds is 13. The predicted molar refractivity (Wildman–Crippen MR) is 123 cm³/mol. The van der Waals surface area contributed by atoms with E-state index < -0.39 is 0 Å². The number of nitrogens with zero attached hydrogens (tertiary/aromatic N) is 2. The number of aromatic nitrogens is 2. The molecule has 2 aromatic rings. The maximum absolute atomic E-state index is 12.1. The van der Waals surface area contributed by atoms with Gasteiger partial charge in [0.1, 0.15) is 5.82 Å². The highest BCUT2D eigenvalue weighted by Gasteiger charge is 2.20. The lowest BCUT2D eigenvalue weighted by molar-refractivity contribution is -0.128. The largest absolute Gasteiger partial charge is 0.355 e. The van der Waals surface area contributed by atoms with Crippen LogP contribution >= 0.6 is 0 Å². The van der Waals surface area contributed by atoms with Crippen molar-refractivity contribution in [1.29, 1.82) is 0 Å². The molecule has 4 heteroatoms. The van der Waals surface area contributed by atoms with Crippen LogP contribution in [-0.2, 0) is 17.8 Å². The van der Waals surface area contributed by atoms with Crippen molar-refractivity contribution in [3.63, 3.8) is 0 Å². The SMILES string of the molecule is CCCCCCCCCCCn1c(CCNC(=O)C(C)(C)C)nc2ccccc21. The number of amides is 1. The number of imidazole rings is 1. The zero-order valence-corrected chi connectivity index (χ0v) is 19.1. The summed E-state index contributed by atoms with van der Waals surface area (Å²) in [5, 5.41) is 3.06. The quantitative estimate of drug-likeness (QED) is 0.403. The molecule has 1 aromatic carbocycles. The molecule has 1 N–H and O–H groups in total. The summed E-state index contributed by atoms with van der Waals surface area (Å²) in [6.07, 6.45) is 12.8. The molecule has 0 atom stereocenters. The zero-order valence-electron chi connectivity index (χ0n) is 19.1. The second-order valence-electron chi connectivity index (χ2n) is 9.25. The van der Waals surface area contributed by atoms with Gasteiger partial charge in [0.05, 0.1) is 11.0 Å². The number of carbonyl (C=O) groups excluding carboxylic acids is 1. The number of unbranched alkanes of at least 4 members (excludes halogenated alkanes) is 8. The molecular formula is C25H41N3O. The van der Waals surface area contributed by atoms with E-state index in [0.29, 0.717) is 6.54 Å². The second-order valence-corrected chi connectivity index (χ2v) is 9.25. The molecule has 162 valence electrons. The summed E-state index contributed by atoms with van der Waals surface area (Å²) in [5.41, 5.74) is 1.92. The van der Waals surface area contributed by atoms with E-state index in [9.17, 15) is 4.79 Å². The van der Waals surface area contributed by atoms with E-state index in [1.54, 1.807) is 0 Å². The Hall–Kier alpha value is -1.84. The Morgan fingerprint density at radius 1 is 0.966 bits per heavy atom. The molecular weight excluding hydrogens is 358 g/mol. The van der Waals surface area contributed by atoms with Crippen molar-refractivity contribution in [3.8, 4) is 0 Å². The van der Waals surface area contributed by atoms with Gasteiger partial charge in [0.25, 0.3) is 0 Å². The van der Waals surface area contributed by atoms with Crippen molar-refractivity contribution in [1.82, 2.24) is 14.9 Å². The van der Waals surface area contributed by atoms with Crippen LogP contribution in [-0.4, -0.2) is 22.0 Å². The van der Waals surface area contributed by atoms with Gasteiger partial charge in [-0.05, 0) is 18.6 Å². The van der Waals surface area contributed by atoms with Crippen molar-refractivity contribution >= 4 is 16.9 Å². The average Bonchev–Trinajstić information content (AvgIpc) is 3.03. The van der Waals surface area contributed by atoms with E-state index in [4.69, 9.17) is 4.98 Å². The average molecular weight is 400 g/mol. The molecule has 0 aliphatic carbocycles. The lowest BCUT2D eigenvalue weighted by Crippen LogP contribution is -2.36. The fourth-order valence-electron chi connectivity index (χ4n) is 3.70. The maximum atomic E-state index is 12.1. The van der Waals surface area contributed by atoms with Gasteiger partial charge >= 0.3 is 0 Å². The van der Waals surface area contributed by atoms with Crippen LogP contribution in [0, 0.1) is 5.41 Å². The van der Waals surface area contributed by atoms with Gasteiger partial charge in [0, 0.05) is 24.9 Å². The molecule has 1 aromatic heterocycles. The number of para-hydroxylation sites is 2. The van der Waals surface area contributed by atoms with E-state index in [0.717, 1.165) is 24.3 Å². The van der Waals surface area contributed by atoms with Gasteiger partial charge in [-0.15, -0.1) is 0 Å². The third-order valence-electron chi connectivity index (χ3n) is 5.53. The highest BCUT2D eigenvalue weighted by molar-refractivity contribution is 5.81. The first-order valence-corrected chi connectivity index (χ1v) is 11.7. The molecule has 0 saturated carbocycles. The van der Waals surface area contributed by atoms with Crippen LogP contribution in [0.5, 0.6) is 0 Å². The van der Waals surface area contributed by atoms with E-state index >= 15 is 0 Å². The van der Waals surface area contributed by atoms with Gasteiger partial charge in [0.15, 0.2) is 0 Å². The number of fused-ring (bicyclic) bond motifs is 1. The van der Waals surface area contributed by atoms with E-state index in [1.165, 1.54) is 63.3 Å². The Morgan fingerprint density at radius 2 is 1.59 bits per heavy atom. The lowest BCUT2D eigenvalue weighted by Gasteiger charge is -2.17. The van der Waals surface area contributed by atoms with Gasteiger partial charge in [-0.2, -0.15) is 0 Å². The van der Waals surface area contributed by atoms with E-state index in [-0.39, 0.29) is 11.3 Å². The number of aryl methyl sites for hydroxylation is 1. The molecule has 29 heavy (non-hydrogen) atoms. The molecule has 0 aliphatic heterocycles. The standard InChI is InChI=1S/C25H41N3O/c1-5-6-7-8-9-10-11-12-15-20-28-22-17-14-13-16-21(22)27-23(28)18-19-26-24(29)25(2,3)4/h13-14,16-17H,5-12,15,18-20H2,1-4H3,(H,26,29). The summed E-state index contributed by atoms with van der Waals surface area (Å²) < 4.78 is 2.36. The lowest BCUT2D eigenvalue weighted by atomic mass is 9.96. The molecule has 0 aliphatic rings. The minimum Gasteiger partial charge on any atom is -0.355 e. The normalized spacial score (nSPS) is 11.9. The Labute approximate surface area is 177 Å². The predicted octanol–water partition coefficient (Wildman–Crippen LogP) is 6.27. The maximum Gasteiger partial charge on any atom is 0.225 e. The molecule has 1 heterocycles. The van der Waals surface area contributed by atoms with Crippen molar-refractivity contribution < 1.29 is 4.79 Å². The highest BCUT2D eigenvalue weighted by Crippen LogP contribution is 2.19. The van der Waals surface area contributed by atoms with Crippen molar-refractivity contribution in [2.75, 3.05) is 6.54 Å². The topological polar surface area (TPSA) is 46.9 Å². The van der Waals surface area contributed by atoms with E-state index in [1.807, 2.05) is 26.8 Å². The number of hydrogen-bond acceptors (Lipinski definition) is 2. The number of hydrogen-bond donors (Lipinski definition) is 1. The van der Waals surface area contributed by atoms with Gasteiger partial charge in [-0.25, -0.2) is 4.98 Å². The van der Waals surface area contributed by atoms with Crippen molar-refractivity contribution in [2.45, 2.75) is 98.4 Å². The van der Waals surface area contributed by atoms with E-state index in [2.05, 4.69) is 35.0 Å². The molecule has 0 fully saturated rings. The molecule has 0 saturated heterocycles. The van der Waals surface area contributed by atoms with Crippen LogP contribution in [0.1, 0.15) is 91.3 Å². The second kappa shape index (κ2) is 12.0. The molecule has 2 rings (SSSR count). The number of carbonyl (C=O) groups is 1. The monoisotopic (exact) mass is 399 g/mol. The Bertz CT molecular complexity index is 742. The van der Waals surface area contributed by atoms with Crippen molar-refractivity contribution in [3.05, 3.63) is 30.1 Å². The molecule has 0 spiro atoms. The Morgan fingerprint density at radius 3 is 2.24 bits per heavy atom. The molecule has 0 radical (unpaired) electrons. The first-order chi connectivity index (χ1) is 13.9. The first-order valence-electron chi connectivity index (χ1n) is 11.7. The fraction of sp³-hybridized carbons (Fsp3) is 0.680. The van der Waals surface area contributed by atoms with Crippen LogP contribution < -0.4 is 5.32 Å². The third kappa shape index (κ3) is 7.83. The number of benzene rings is 1. The highest BCUT2D eigenvalue weighted by atomic mass is 16.2. The summed E-state index contributed by atoms with van der Waals surface area (Å²) in [7, 11) is 0. The molecule has 0 bridgehead atoms. The molecule has 4 nitrogen and oxygen atoms in total. The van der Waals surface area contributed by atoms with Gasteiger partial charge in [-0.1, -0.05) is 91.2 Å². The fourth-order valence-corrected chi connectivity index (χ4v) is 3.70. The summed E-state index contributed by atoms with van der Waals surface area (Å²) in [6.45, 7) is 9.76. The minimum absolute atomic E-state index is 0.0964. The summed E-state index contributed by atoms with van der Waals surface area (Å²) in [5.74, 6) is 1.18. The van der Waals surface area contributed by atoms with Crippen LogP contribution in [0.25, 0.3) is 11.0 Å².